The third-order valence-electron chi connectivity index (χ3n) is 4.38. The van der Waals surface area contributed by atoms with Crippen molar-refractivity contribution in [3.05, 3.63) is 58.4 Å². The molecule has 0 unspecified atom stereocenters. The van der Waals surface area contributed by atoms with Gasteiger partial charge in [0.1, 0.15) is 0 Å². The Morgan fingerprint density at radius 3 is 2.60 bits per heavy atom. The van der Waals surface area contributed by atoms with Gasteiger partial charge in [-0.05, 0) is 32.3 Å². The number of aromatic nitrogens is 2. The van der Waals surface area contributed by atoms with E-state index in [-0.39, 0.29) is 11.3 Å². The lowest BCUT2D eigenvalue weighted by molar-refractivity contribution is 0.0947. The molecule has 0 radical (unpaired) electrons. The van der Waals surface area contributed by atoms with Crippen LogP contribution in [0.4, 0.5) is 0 Å². The van der Waals surface area contributed by atoms with Gasteiger partial charge in [0.2, 0.25) is 0 Å². The number of rotatable bonds is 4. The molecule has 0 aliphatic heterocycles. The van der Waals surface area contributed by atoms with E-state index in [9.17, 15) is 9.59 Å². The molecule has 126 valence electrons. The fraction of sp³-hybridized carbons (Fsp3) is 0.211. The van der Waals surface area contributed by atoms with Crippen LogP contribution in [0.1, 0.15) is 10.5 Å². The summed E-state index contributed by atoms with van der Waals surface area (Å²) in [6, 6.07) is 12.8. The number of fused-ring (bicyclic) bond motifs is 2. The SMILES string of the molecule is CN(C)CCNC(=O)c1nn2c3ccccc3c(=O)c3cccc1c32. The maximum absolute atomic E-state index is 12.8. The molecule has 1 amide bonds. The summed E-state index contributed by atoms with van der Waals surface area (Å²) >= 11 is 0. The number of pyridine rings is 1. The third kappa shape index (κ3) is 2.42. The smallest absolute Gasteiger partial charge is 0.272 e. The van der Waals surface area contributed by atoms with E-state index in [2.05, 4.69) is 10.4 Å². The zero-order valence-electron chi connectivity index (χ0n) is 14.1. The zero-order chi connectivity index (χ0) is 17.6. The van der Waals surface area contributed by atoms with Gasteiger partial charge in [0, 0.05) is 29.2 Å². The minimum absolute atomic E-state index is 0.0341. The van der Waals surface area contributed by atoms with E-state index in [1.54, 1.807) is 22.7 Å². The number of benzene rings is 2. The van der Waals surface area contributed by atoms with Crippen molar-refractivity contribution < 1.29 is 4.79 Å². The van der Waals surface area contributed by atoms with Crippen molar-refractivity contribution in [3.63, 3.8) is 0 Å². The predicted octanol–water partition coefficient (Wildman–Crippen LogP) is 1.73. The lowest BCUT2D eigenvalue weighted by atomic mass is 10.1. The van der Waals surface area contributed by atoms with Crippen LogP contribution in [0.5, 0.6) is 0 Å². The van der Waals surface area contributed by atoms with E-state index in [1.165, 1.54) is 0 Å². The molecule has 0 spiro atoms. The first-order valence-electron chi connectivity index (χ1n) is 8.16. The molecule has 4 rings (SSSR count). The van der Waals surface area contributed by atoms with Crippen LogP contribution >= 0.6 is 0 Å². The fourth-order valence-corrected chi connectivity index (χ4v) is 3.16. The second-order valence-corrected chi connectivity index (χ2v) is 6.37. The molecule has 0 bridgehead atoms. The molecule has 0 atom stereocenters. The molecule has 1 N–H and O–H groups in total. The average molecular weight is 334 g/mol. The Bertz CT molecular complexity index is 1150. The number of hydrogen-bond donors (Lipinski definition) is 1. The Balaban J connectivity index is 1.93. The molecule has 0 saturated carbocycles. The van der Waals surface area contributed by atoms with Crippen molar-refractivity contribution >= 4 is 33.1 Å². The summed E-state index contributed by atoms with van der Waals surface area (Å²) in [6.07, 6.45) is 0. The van der Waals surface area contributed by atoms with Gasteiger partial charge in [0.25, 0.3) is 5.91 Å². The van der Waals surface area contributed by atoms with Gasteiger partial charge in [-0.2, -0.15) is 5.10 Å². The van der Waals surface area contributed by atoms with Gasteiger partial charge in [-0.25, -0.2) is 4.52 Å². The summed E-state index contributed by atoms with van der Waals surface area (Å²) in [6.45, 7) is 1.28. The first-order chi connectivity index (χ1) is 12.1. The molecule has 0 aliphatic rings. The molecule has 4 aromatic rings. The number of amides is 1. The predicted molar refractivity (Wildman–Crippen MR) is 98.5 cm³/mol. The topological polar surface area (TPSA) is 66.7 Å². The summed E-state index contributed by atoms with van der Waals surface area (Å²) < 4.78 is 1.71. The molecule has 0 saturated heterocycles. The van der Waals surface area contributed by atoms with Crippen LogP contribution in [0.25, 0.3) is 27.2 Å². The highest BCUT2D eigenvalue weighted by atomic mass is 16.2. The molecule has 0 fully saturated rings. The number of nitrogens with one attached hydrogen (secondary N) is 1. The van der Waals surface area contributed by atoms with Crippen LogP contribution < -0.4 is 10.7 Å². The van der Waals surface area contributed by atoms with Crippen LogP contribution in [0.2, 0.25) is 0 Å². The van der Waals surface area contributed by atoms with Crippen molar-refractivity contribution in [2.75, 3.05) is 27.2 Å². The number of hydrogen-bond acceptors (Lipinski definition) is 4. The van der Waals surface area contributed by atoms with Crippen LogP contribution in [0.15, 0.2) is 47.3 Å². The van der Waals surface area contributed by atoms with Crippen LogP contribution in [0, 0.1) is 0 Å². The summed E-state index contributed by atoms with van der Waals surface area (Å²) in [5.74, 6) is -0.227. The molecular weight excluding hydrogens is 316 g/mol. The summed E-state index contributed by atoms with van der Waals surface area (Å²) in [7, 11) is 3.90. The van der Waals surface area contributed by atoms with E-state index in [0.717, 1.165) is 6.54 Å². The highest BCUT2D eigenvalue weighted by molar-refractivity contribution is 6.11. The van der Waals surface area contributed by atoms with Crippen molar-refractivity contribution in [2.24, 2.45) is 0 Å². The van der Waals surface area contributed by atoms with Gasteiger partial charge in [-0.3, -0.25) is 9.59 Å². The normalized spacial score (nSPS) is 11.8. The van der Waals surface area contributed by atoms with Crippen LogP contribution in [0.3, 0.4) is 0 Å². The lowest BCUT2D eigenvalue weighted by Gasteiger charge is -2.09. The number of carbonyl (C=O) groups excluding carboxylic acids is 1. The zero-order valence-corrected chi connectivity index (χ0v) is 14.1. The van der Waals surface area contributed by atoms with Crippen molar-refractivity contribution in [1.29, 1.82) is 0 Å². The van der Waals surface area contributed by atoms with E-state index in [0.29, 0.717) is 39.4 Å². The van der Waals surface area contributed by atoms with Gasteiger partial charge in [0.05, 0.1) is 11.0 Å². The van der Waals surface area contributed by atoms with Crippen molar-refractivity contribution in [3.8, 4) is 0 Å². The number of likely N-dealkylation sites (N-methyl/N-ethyl adjacent to an activating group) is 1. The second-order valence-electron chi connectivity index (χ2n) is 6.37. The molecule has 25 heavy (non-hydrogen) atoms. The maximum Gasteiger partial charge on any atom is 0.272 e. The summed E-state index contributed by atoms with van der Waals surface area (Å²) in [5, 5.41) is 9.30. The largest absolute Gasteiger partial charge is 0.349 e. The Morgan fingerprint density at radius 1 is 1.08 bits per heavy atom. The average Bonchev–Trinajstić information content (AvgIpc) is 3.00. The quantitative estimate of drug-likeness (QED) is 0.577. The van der Waals surface area contributed by atoms with Gasteiger partial charge < -0.3 is 10.2 Å². The van der Waals surface area contributed by atoms with E-state index in [4.69, 9.17) is 0 Å². The van der Waals surface area contributed by atoms with Gasteiger partial charge >= 0.3 is 0 Å². The van der Waals surface area contributed by atoms with E-state index < -0.39 is 0 Å². The Morgan fingerprint density at radius 2 is 1.80 bits per heavy atom. The number of para-hydroxylation sites is 2. The first kappa shape index (κ1) is 15.5. The van der Waals surface area contributed by atoms with Crippen molar-refractivity contribution in [2.45, 2.75) is 0 Å². The minimum atomic E-state index is -0.227. The highest BCUT2D eigenvalue weighted by Gasteiger charge is 2.20. The monoisotopic (exact) mass is 334 g/mol. The maximum atomic E-state index is 12.8. The Labute approximate surface area is 144 Å². The molecule has 2 aromatic heterocycles. The van der Waals surface area contributed by atoms with Gasteiger partial charge in [0.15, 0.2) is 11.1 Å². The Kier molecular flexibility index (Phi) is 3.62. The minimum Gasteiger partial charge on any atom is -0.349 e. The number of carbonyl (C=O) groups is 1. The third-order valence-corrected chi connectivity index (χ3v) is 4.38. The molecule has 6 heteroatoms. The second kappa shape index (κ2) is 5.82. The summed E-state index contributed by atoms with van der Waals surface area (Å²) in [5.41, 5.74) is 1.72. The standard InChI is InChI=1S/C19H18N4O2/c1-22(2)11-10-20-19(25)16-13-7-5-8-14-17(13)23(21-16)15-9-4-3-6-12(15)18(14)24/h3-9H,10-11H2,1-2H3,(H,20,25). The van der Waals surface area contributed by atoms with Gasteiger partial charge in [-0.15, -0.1) is 0 Å². The van der Waals surface area contributed by atoms with Crippen molar-refractivity contribution in [1.82, 2.24) is 19.8 Å². The number of nitrogens with zero attached hydrogens (tertiary/aromatic N) is 3. The van der Waals surface area contributed by atoms with Gasteiger partial charge in [-0.1, -0.05) is 24.3 Å². The molecular formula is C19H18N4O2. The van der Waals surface area contributed by atoms with E-state index >= 15 is 0 Å². The summed E-state index contributed by atoms with van der Waals surface area (Å²) in [4.78, 5) is 27.4. The molecule has 0 aliphatic carbocycles. The Hall–Kier alpha value is -2.99. The molecule has 6 nitrogen and oxygen atoms in total. The van der Waals surface area contributed by atoms with Crippen LogP contribution in [-0.2, 0) is 0 Å². The van der Waals surface area contributed by atoms with E-state index in [1.807, 2.05) is 43.3 Å². The lowest BCUT2D eigenvalue weighted by Crippen LogP contribution is -2.31. The fourth-order valence-electron chi connectivity index (χ4n) is 3.16. The van der Waals surface area contributed by atoms with Crippen LogP contribution in [-0.4, -0.2) is 47.6 Å². The molecule has 2 aromatic carbocycles. The molecule has 2 heterocycles. The first-order valence-corrected chi connectivity index (χ1v) is 8.16. The highest BCUT2D eigenvalue weighted by Crippen LogP contribution is 2.25.